The average molecular weight is 415 g/mol. The van der Waals surface area contributed by atoms with Crippen molar-refractivity contribution >= 4 is 46.8 Å². The van der Waals surface area contributed by atoms with E-state index in [1.807, 2.05) is 20.8 Å². The quantitative estimate of drug-likeness (QED) is 0.438. The molecule has 0 amide bonds. The van der Waals surface area contributed by atoms with E-state index in [-0.39, 0.29) is 30.4 Å². The summed E-state index contributed by atoms with van der Waals surface area (Å²) in [6.07, 6.45) is 3.35. The van der Waals surface area contributed by atoms with E-state index in [4.69, 9.17) is 14.6 Å². The molecule has 0 unspecified atom stereocenters. The molecular weight excluding hydrogens is 387 g/mol. The largest absolute Gasteiger partial charge is 0.461 e. The zero-order valence-corrected chi connectivity index (χ0v) is 17.6. The number of aryl methyl sites for hydroxylation is 3. The smallest absolute Gasteiger partial charge is 0.336 e. The van der Waals surface area contributed by atoms with Gasteiger partial charge in [-0.25, -0.2) is 4.79 Å². The van der Waals surface area contributed by atoms with Gasteiger partial charge in [-0.05, 0) is 58.3 Å². The number of fused-ring (bicyclic) bond motifs is 2. The fourth-order valence-electron chi connectivity index (χ4n) is 3.36. The highest BCUT2D eigenvalue weighted by Crippen LogP contribution is 2.34. The molecule has 0 saturated heterocycles. The SMILES string of the molecule is Cc1oc2c(C)c3oc(=O)cc(C)c3cc2c1CNCCCCCN.Cl.Cl. The van der Waals surface area contributed by atoms with E-state index in [2.05, 4.69) is 11.4 Å². The van der Waals surface area contributed by atoms with E-state index < -0.39 is 0 Å². The molecule has 0 spiro atoms. The van der Waals surface area contributed by atoms with Crippen molar-refractivity contribution in [1.29, 1.82) is 0 Å². The van der Waals surface area contributed by atoms with Gasteiger partial charge in [-0.15, -0.1) is 24.8 Å². The summed E-state index contributed by atoms with van der Waals surface area (Å²) < 4.78 is 11.4. The molecule has 0 aliphatic carbocycles. The number of hydrogen-bond donors (Lipinski definition) is 2. The van der Waals surface area contributed by atoms with Crippen molar-refractivity contribution in [2.75, 3.05) is 13.1 Å². The predicted molar refractivity (Wildman–Crippen MR) is 116 cm³/mol. The summed E-state index contributed by atoms with van der Waals surface area (Å²) in [5.41, 5.74) is 9.60. The van der Waals surface area contributed by atoms with E-state index in [0.29, 0.717) is 5.58 Å². The molecule has 3 rings (SSSR count). The third kappa shape index (κ3) is 4.85. The van der Waals surface area contributed by atoms with Gasteiger partial charge < -0.3 is 19.9 Å². The molecular formula is C20H28Cl2N2O3. The third-order valence-electron chi connectivity index (χ3n) is 4.79. The van der Waals surface area contributed by atoms with Crippen molar-refractivity contribution in [2.45, 2.75) is 46.6 Å². The first kappa shape index (κ1) is 23.5. The fraction of sp³-hybridized carbons (Fsp3) is 0.450. The average Bonchev–Trinajstić information content (AvgIpc) is 2.88. The summed E-state index contributed by atoms with van der Waals surface area (Å²) in [6.45, 7) is 8.35. The van der Waals surface area contributed by atoms with Gasteiger partial charge in [0.2, 0.25) is 0 Å². The van der Waals surface area contributed by atoms with Gasteiger partial charge in [-0.1, -0.05) is 6.42 Å². The van der Waals surface area contributed by atoms with Crippen LogP contribution in [0.15, 0.2) is 25.8 Å². The van der Waals surface area contributed by atoms with Gasteiger partial charge in [-0.2, -0.15) is 0 Å². The van der Waals surface area contributed by atoms with E-state index >= 15 is 0 Å². The summed E-state index contributed by atoms with van der Waals surface area (Å²) in [6, 6.07) is 3.62. The Hall–Kier alpha value is -1.53. The molecule has 1 aromatic carbocycles. The highest BCUT2D eigenvalue weighted by atomic mass is 35.5. The van der Waals surface area contributed by atoms with Crippen LogP contribution in [0.3, 0.4) is 0 Å². The standard InChI is InChI=1S/C20H26N2O3.2ClH/c1-12-9-18(23)25-19-13(2)20-16(10-15(12)19)17(14(3)24-20)11-22-8-6-4-5-7-21;;/h9-10,22H,4-8,11,21H2,1-3H3;2*1H. The van der Waals surface area contributed by atoms with Gasteiger partial charge in [0.05, 0.1) is 0 Å². The lowest BCUT2D eigenvalue weighted by Gasteiger charge is -2.06. The van der Waals surface area contributed by atoms with Gasteiger partial charge in [0, 0.05) is 34.5 Å². The Balaban J connectivity index is 0.00000182. The number of nitrogens with one attached hydrogen (secondary N) is 1. The second kappa shape index (κ2) is 10.1. The number of unbranched alkanes of at least 4 members (excludes halogenated alkanes) is 2. The van der Waals surface area contributed by atoms with Crippen molar-refractivity contribution < 1.29 is 8.83 Å². The van der Waals surface area contributed by atoms with Gasteiger partial charge in [-0.3, -0.25) is 0 Å². The van der Waals surface area contributed by atoms with Crippen LogP contribution >= 0.6 is 24.8 Å². The highest BCUT2D eigenvalue weighted by Gasteiger charge is 2.17. The minimum Gasteiger partial charge on any atom is -0.461 e. The number of halogens is 2. The van der Waals surface area contributed by atoms with Gasteiger partial charge in [0.25, 0.3) is 0 Å². The Morgan fingerprint density at radius 3 is 2.37 bits per heavy atom. The number of hydrogen-bond acceptors (Lipinski definition) is 5. The van der Waals surface area contributed by atoms with Crippen molar-refractivity contribution in [3.05, 3.63) is 45.0 Å². The van der Waals surface area contributed by atoms with Crippen molar-refractivity contribution in [3.8, 4) is 0 Å². The van der Waals surface area contributed by atoms with Gasteiger partial charge >= 0.3 is 5.63 Å². The van der Waals surface area contributed by atoms with Crippen LogP contribution in [0.2, 0.25) is 0 Å². The lowest BCUT2D eigenvalue weighted by Crippen LogP contribution is -2.15. The van der Waals surface area contributed by atoms with Crippen molar-refractivity contribution in [1.82, 2.24) is 5.32 Å². The van der Waals surface area contributed by atoms with Crippen LogP contribution in [0.25, 0.3) is 21.9 Å². The topological polar surface area (TPSA) is 81.4 Å². The third-order valence-corrected chi connectivity index (χ3v) is 4.79. The molecule has 0 aliphatic heterocycles. The summed E-state index contributed by atoms with van der Waals surface area (Å²) in [7, 11) is 0. The van der Waals surface area contributed by atoms with Crippen LogP contribution in [0.4, 0.5) is 0 Å². The van der Waals surface area contributed by atoms with E-state index in [1.165, 1.54) is 11.6 Å². The first-order valence-corrected chi connectivity index (χ1v) is 8.89. The molecule has 3 N–H and O–H groups in total. The first-order chi connectivity index (χ1) is 12.0. The summed E-state index contributed by atoms with van der Waals surface area (Å²) in [5.74, 6) is 0.905. The first-order valence-electron chi connectivity index (χ1n) is 8.89. The minimum atomic E-state index is -0.324. The van der Waals surface area contributed by atoms with Crippen molar-refractivity contribution in [2.24, 2.45) is 5.73 Å². The Labute approximate surface area is 171 Å². The predicted octanol–water partition coefficient (Wildman–Crippen LogP) is 4.53. The molecule has 0 atom stereocenters. The Kier molecular flexibility index (Phi) is 8.82. The monoisotopic (exact) mass is 414 g/mol. The second-order valence-electron chi connectivity index (χ2n) is 6.67. The minimum absolute atomic E-state index is 0. The number of furan rings is 1. The van der Waals surface area contributed by atoms with Crippen LogP contribution in [-0.2, 0) is 6.54 Å². The number of benzene rings is 1. The zero-order chi connectivity index (χ0) is 18.0. The van der Waals surface area contributed by atoms with Crippen molar-refractivity contribution in [3.63, 3.8) is 0 Å². The van der Waals surface area contributed by atoms with Crippen LogP contribution in [0.5, 0.6) is 0 Å². The molecule has 27 heavy (non-hydrogen) atoms. The maximum Gasteiger partial charge on any atom is 0.336 e. The molecule has 3 aromatic rings. The van der Waals surface area contributed by atoms with Crippen LogP contribution in [0, 0.1) is 20.8 Å². The molecule has 0 bridgehead atoms. The molecule has 7 heteroatoms. The normalized spacial score (nSPS) is 10.8. The van der Waals surface area contributed by atoms with Crippen LogP contribution in [0.1, 0.15) is 41.7 Å². The maximum atomic E-state index is 11.7. The zero-order valence-electron chi connectivity index (χ0n) is 16.0. The fourth-order valence-corrected chi connectivity index (χ4v) is 3.36. The summed E-state index contributed by atoms with van der Waals surface area (Å²) in [5, 5.41) is 5.56. The van der Waals surface area contributed by atoms with E-state index in [9.17, 15) is 4.79 Å². The van der Waals surface area contributed by atoms with E-state index in [1.54, 1.807) is 0 Å². The Morgan fingerprint density at radius 1 is 0.963 bits per heavy atom. The lowest BCUT2D eigenvalue weighted by molar-refractivity contribution is 0.547. The molecule has 2 aromatic heterocycles. The molecule has 0 fully saturated rings. The summed E-state index contributed by atoms with van der Waals surface area (Å²) >= 11 is 0. The molecule has 0 saturated carbocycles. The van der Waals surface area contributed by atoms with E-state index in [0.717, 1.165) is 72.1 Å². The molecule has 5 nitrogen and oxygen atoms in total. The second-order valence-corrected chi connectivity index (χ2v) is 6.67. The number of nitrogens with two attached hydrogens (primary N) is 1. The lowest BCUT2D eigenvalue weighted by atomic mass is 10.0. The molecule has 150 valence electrons. The van der Waals surface area contributed by atoms with Crippen LogP contribution in [-0.4, -0.2) is 13.1 Å². The van der Waals surface area contributed by atoms with Gasteiger partial charge in [0.1, 0.15) is 16.9 Å². The highest BCUT2D eigenvalue weighted by molar-refractivity contribution is 5.99. The Morgan fingerprint density at radius 2 is 1.67 bits per heavy atom. The van der Waals surface area contributed by atoms with Gasteiger partial charge in [0.15, 0.2) is 0 Å². The molecule has 0 radical (unpaired) electrons. The molecule has 0 aliphatic rings. The number of rotatable bonds is 7. The maximum absolute atomic E-state index is 11.7. The molecule has 2 heterocycles. The Bertz CT molecular complexity index is 963. The summed E-state index contributed by atoms with van der Waals surface area (Å²) in [4.78, 5) is 11.7. The van der Waals surface area contributed by atoms with Crippen LogP contribution < -0.4 is 16.7 Å².